The van der Waals surface area contributed by atoms with Crippen molar-refractivity contribution in [3.05, 3.63) is 96.3 Å². The number of nitrogens with zero attached hydrogens (tertiary/aromatic N) is 10. The summed E-state index contributed by atoms with van der Waals surface area (Å²) in [5.74, 6) is -4.61. The van der Waals surface area contributed by atoms with Gasteiger partial charge in [0.15, 0.2) is 11.5 Å². The lowest BCUT2D eigenvalue weighted by Crippen LogP contribution is -2.27. The molecule has 10 N–H and O–H groups in total. The smallest absolute Gasteiger partial charge is 0.315 e. The van der Waals surface area contributed by atoms with Crippen molar-refractivity contribution in [1.29, 1.82) is 0 Å². The Morgan fingerprint density at radius 3 is 1.72 bits per heavy atom. The Hall–Kier alpha value is -9.02. The number of rotatable bonds is 19. The molecule has 6 aromatic carbocycles. The van der Waals surface area contributed by atoms with Crippen molar-refractivity contribution in [3.63, 3.8) is 0 Å². The molecule has 87 heavy (non-hydrogen) atoms. The molecule has 0 spiro atoms. The van der Waals surface area contributed by atoms with E-state index in [-0.39, 0.29) is 63.5 Å². The van der Waals surface area contributed by atoms with Crippen LogP contribution in [0.4, 0.5) is 55.1 Å². The van der Waals surface area contributed by atoms with E-state index in [0.29, 0.717) is 24.3 Å². The number of benzene rings is 6. The maximum Gasteiger partial charge on any atom is 0.315 e. The number of phenols is 2. The number of hydrogen-bond acceptors (Lipinski definition) is 30. The molecule has 0 aliphatic carbocycles. The van der Waals surface area contributed by atoms with Crippen molar-refractivity contribution in [2.24, 2.45) is 20.5 Å². The van der Waals surface area contributed by atoms with Crippen LogP contribution in [0.3, 0.4) is 0 Å². The summed E-state index contributed by atoms with van der Waals surface area (Å²) >= 11 is 0. The van der Waals surface area contributed by atoms with Gasteiger partial charge in [0.2, 0.25) is 24.6 Å². The molecule has 1 aliphatic rings. The van der Waals surface area contributed by atoms with Crippen LogP contribution in [0.5, 0.6) is 23.0 Å². The first-order valence-corrected chi connectivity index (χ1v) is 31.9. The number of aromatic nitrogens is 6. The number of ether oxygens (including phenoxy) is 2. The van der Waals surface area contributed by atoms with Crippen molar-refractivity contribution < 1.29 is 106 Å². The second kappa shape index (κ2) is 23.0. The van der Waals surface area contributed by atoms with Gasteiger partial charge in [0.05, 0.1) is 7.11 Å². The second-order valence-corrected chi connectivity index (χ2v) is 26.3. The number of anilines is 4. The lowest BCUT2D eigenvalue weighted by Gasteiger charge is -2.18. The van der Waals surface area contributed by atoms with Crippen LogP contribution in [-0.2, 0) is 71.3 Å². The maximum atomic E-state index is 14.9. The zero-order valence-electron chi connectivity index (χ0n) is 43.1. The van der Waals surface area contributed by atoms with Gasteiger partial charge < -0.3 is 35.6 Å². The van der Waals surface area contributed by atoms with E-state index in [1.54, 1.807) is 0 Å². The van der Waals surface area contributed by atoms with E-state index < -0.39 is 167 Å². The van der Waals surface area contributed by atoms with Crippen LogP contribution in [0.25, 0.3) is 21.5 Å². The second-order valence-electron chi connectivity index (χ2n) is 17.8. The summed E-state index contributed by atoms with van der Waals surface area (Å²) in [6.07, 6.45) is -2.87. The van der Waals surface area contributed by atoms with Crippen molar-refractivity contribution in [3.8, 4) is 23.0 Å². The first kappa shape index (κ1) is 62.5. The Kier molecular flexibility index (Phi) is 16.5. The van der Waals surface area contributed by atoms with Crippen molar-refractivity contribution in [2.45, 2.75) is 48.8 Å². The minimum absolute atomic E-state index is 0.00177. The third-order valence-electron chi connectivity index (χ3n) is 11.9. The molecule has 0 radical (unpaired) electrons. The molecule has 43 heteroatoms. The molecule has 9 rings (SSSR count). The van der Waals surface area contributed by atoms with Crippen LogP contribution in [0.2, 0.25) is 0 Å². The standard InChI is InChI=1S/C44H35F2N13O22S6/c1-18(48-43-53-41(46)54-44(55-43)49-22-4-6-24-21(9-22)11-34(86(74,75)76)37(39(24)61)58-56-25-12-31(84(68,69)70)27(79-2)14-29(25)82(62,63)64)16-47-42-51-35(50-40(45)52-42)8-19-3-5-23-20(7-19)10-33(85(71,72)73)36(38(23)60)59-57-26-13-32-28(15-30(26)83(65,66)67)80-17-81-87(32,77)78/h3-7,9-15,18,60-61H,8,16-17H2,1-2H3,(H,62,63,64)(H,65,66,67)(H,68,69,70)(H,71,72,73)(H,74,75,76)(H,47,50,51,52)(H2,48,49,53,54,55)/b58-56+,59-57+. The molecule has 2 aromatic heterocycles. The Labute approximate surface area is 486 Å². The van der Waals surface area contributed by atoms with Gasteiger partial charge in [-0.2, -0.15) is 89.2 Å². The van der Waals surface area contributed by atoms with E-state index in [2.05, 4.69) is 70.5 Å². The predicted octanol–water partition coefficient (Wildman–Crippen LogP) is 5.43. The van der Waals surface area contributed by atoms with Gasteiger partial charge in [0.1, 0.15) is 69.4 Å². The van der Waals surface area contributed by atoms with Crippen LogP contribution < -0.4 is 25.4 Å². The topological polar surface area (TPSA) is 537 Å². The van der Waals surface area contributed by atoms with Gasteiger partial charge in [-0.3, -0.25) is 22.8 Å². The number of azo groups is 2. The van der Waals surface area contributed by atoms with Crippen LogP contribution in [0, 0.1) is 12.2 Å². The number of nitrogens with one attached hydrogen (secondary N) is 3. The molecule has 1 atom stereocenters. The molecule has 35 nitrogen and oxygen atoms in total. The van der Waals surface area contributed by atoms with E-state index in [0.717, 1.165) is 25.3 Å². The van der Waals surface area contributed by atoms with Crippen LogP contribution in [0.15, 0.2) is 123 Å². The van der Waals surface area contributed by atoms with Gasteiger partial charge in [-0.15, -0.1) is 20.5 Å². The molecule has 8 aromatic rings. The lowest BCUT2D eigenvalue weighted by molar-refractivity contribution is 0.108. The van der Waals surface area contributed by atoms with Gasteiger partial charge >= 0.3 is 22.3 Å². The number of aromatic hydroxyl groups is 2. The van der Waals surface area contributed by atoms with Gasteiger partial charge in [-0.25, -0.2) is 4.18 Å². The fourth-order valence-corrected chi connectivity index (χ4v) is 12.2. The van der Waals surface area contributed by atoms with E-state index in [1.165, 1.54) is 37.3 Å². The number of phenolic OH excluding ortho intramolecular Hbond substituents is 2. The molecule has 1 unspecified atom stereocenters. The lowest BCUT2D eigenvalue weighted by atomic mass is 10.0. The van der Waals surface area contributed by atoms with Crippen LogP contribution in [0.1, 0.15) is 18.3 Å². The highest BCUT2D eigenvalue weighted by Gasteiger charge is 2.32. The van der Waals surface area contributed by atoms with E-state index >= 15 is 0 Å². The predicted molar refractivity (Wildman–Crippen MR) is 289 cm³/mol. The highest BCUT2D eigenvalue weighted by molar-refractivity contribution is 7.87. The molecule has 3 heterocycles. The fraction of sp³-hybridized carbons (Fsp3) is 0.136. The summed E-state index contributed by atoms with van der Waals surface area (Å²) in [6, 6.07) is 10.4. The average Bonchev–Trinajstić information content (AvgIpc) is 0.870. The molecule has 458 valence electrons. The van der Waals surface area contributed by atoms with Gasteiger partial charge in [-0.05, 0) is 65.7 Å². The van der Waals surface area contributed by atoms with Crippen LogP contribution >= 0.6 is 0 Å². The van der Waals surface area contributed by atoms with E-state index in [4.69, 9.17) is 9.47 Å². The molecular weight excluding hydrogens is 1290 g/mol. The van der Waals surface area contributed by atoms with Crippen molar-refractivity contribution in [2.75, 3.05) is 36.4 Å². The molecular formula is C44H35F2N13O22S6. The Bertz CT molecular complexity index is 5020. The quantitative estimate of drug-likeness (QED) is 0.0274. The third-order valence-corrected chi connectivity index (χ3v) is 17.5. The highest BCUT2D eigenvalue weighted by atomic mass is 32.2. The zero-order valence-corrected chi connectivity index (χ0v) is 48.0. The van der Waals surface area contributed by atoms with Crippen molar-refractivity contribution in [1.82, 2.24) is 29.9 Å². The Morgan fingerprint density at radius 2 is 1.14 bits per heavy atom. The third kappa shape index (κ3) is 13.8. The summed E-state index contributed by atoms with van der Waals surface area (Å²) in [5.41, 5.74) is -3.62. The summed E-state index contributed by atoms with van der Waals surface area (Å²) < 4.78 is 242. The van der Waals surface area contributed by atoms with Gasteiger partial charge in [0, 0.05) is 47.6 Å². The van der Waals surface area contributed by atoms with Gasteiger partial charge in [-0.1, -0.05) is 18.2 Å². The monoisotopic (exact) mass is 1330 g/mol. The van der Waals surface area contributed by atoms with Crippen molar-refractivity contribution >= 4 is 129 Å². The average molecular weight is 1330 g/mol. The largest absolute Gasteiger partial charge is 0.505 e. The highest BCUT2D eigenvalue weighted by Crippen LogP contribution is 2.46. The number of halogens is 2. The number of fused-ring (bicyclic) bond motifs is 3. The maximum absolute atomic E-state index is 14.9. The Morgan fingerprint density at radius 1 is 0.609 bits per heavy atom. The molecule has 0 saturated carbocycles. The first-order chi connectivity index (χ1) is 40.5. The molecule has 0 bridgehead atoms. The SMILES string of the molecule is COc1cc(S(=O)(=O)O)c(/N=N/c2c(S(=O)(=O)O)cc3cc(Nc4nc(F)nc(NC(C)CNc5nc(F)nc(Cc6ccc7c(O)c(/N=N/c8cc9c(cc8S(=O)(=O)O)OCOS9(=O)=O)c(S(=O)(=O)O)cc7c6)n5)n4)ccc3c2O)cc1S(=O)(=O)O. The van der Waals surface area contributed by atoms with Crippen LogP contribution in [-0.4, -0.2) is 140 Å². The molecule has 0 saturated heterocycles. The first-order valence-electron chi connectivity index (χ1n) is 23.3. The van der Waals surface area contributed by atoms with E-state index in [9.17, 15) is 92.3 Å². The zero-order chi connectivity index (χ0) is 63.5. The molecule has 0 fully saturated rings. The fourth-order valence-electron chi connectivity index (χ4n) is 8.10. The van der Waals surface area contributed by atoms with Gasteiger partial charge in [0.25, 0.3) is 50.6 Å². The summed E-state index contributed by atoms with van der Waals surface area (Å²) in [5, 5.41) is 44.3. The minimum Gasteiger partial charge on any atom is -0.505 e. The summed E-state index contributed by atoms with van der Waals surface area (Å²) in [7, 11) is -29.9. The number of hydrogen-bond donors (Lipinski definition) is 10. The Balaban J connectivity index is 0.903. The normalized spacial score (nSPS) is 14.3. The molecule has 0 amide bonds. The number of methoxy groups -OCH3 is 1. The summed E-state index contributed by atoms with van der Waals surface area (Å²) in [6.45, 7) is 0.561. The minimum atomic E-state index is -5.34. The van der Waals surface area contributed by atoms with E-state index in [1.807, 2.05) is 0 Å². The summed E-state index contributed by atoms with van der Waals surface area (Å²) in [4.78, 5) is 16.6. The molecule has 1 aliphatic heterocycles.